The molecule has 2 N–H and O–H groups in total. The molecule has 2 aliphatic rings. The molecule has 13 heavy (non-hydrogen) atoms. The number of nitrogens with two attached hydrogens (primary N) is 1. The number of hydrogen-bond donors (Lipinski definition) is 1. The minimum Gasteiger partial charge on any atom is -0.383 e. The molecule has 1 aromatic rings. The van der Waals surface area contributed by atoms with Crippen LogP contribution in [-0.2, 0) is 25.7 Å². The van der Waals surface area contributed by atoms with Gasteiger partial charge < -0.3 is 5.73 Å². The lowest BCUT2D eigenvalue weighted by Crippen LogP contribution is -2.03. The Morgan fingerprint density at radius 1 is 0.846 bits per heavy atom. The van der Waals surface area contributed by atoms with Crippen molar-refractivity contribution >= 4 is 5.82 Å². The fraction of sp³-hybridized carbons (Fsp3) is 0.545. The second-order valence-corrected chi connectivity index (χ2v) is 4.09. The van der Waals surface area contributed by atoms with Crippen molar-refractivity contribution in [3.05, 3.63) is 22.4 Å². The van der Waals surface area contributed by atoms with Crippen molar-refractivity contribution in [2.75, 3.05) is 5.73 Å². The number of nitrogens with zero attached hydrogens (tertiary/aromatic N) is 1. The molecule has 0 fully saturated rings. The number of aromatic nitrogens is 1. The summed E-state index contributed by atoms with van der Waals surface area (Å²) < 4.78 is 0. The number of hydrogen-bond acceptors (Lipinski definition) is 2. The summed E-state index contributed by atoms with van der Waals surface area (Å²) in [6.07, 6.45) is 7.33. The van der Waals surface area contributed by atoms with E-state index in [1.165, 1.54) is 36.9 Å². The van der Waals surface area contributed by atoms with Crippen LogP contribution in [0.3, 0.4) is 0 Å². The maximum absolute atomic E-state index is 5.93. The van der Waals surface area contributed by atoms with Crippen LogP contribution in [-0.4, -0.2) is 4.98 Å². The highest BCUT2D eigenvalue weighted by molar-refractivity contribution is 5.53. The van der Waals surface area contributed by atoms with Crippen molar-refractivity contribution in [2.24, 2.45) is 0 Å². The number of anilines is 1. The van der Waals surface area contributed by atoms with Crippen molar-refractivity contribution in [1.29, 1.82) is 0 Å². The third kappa shape index (κ3) is 0.916. The molecule has 0 saturated heterocycles. The van der Waals surface area contributed by atoms with E-state index in [0.29, 0.717) is 0 Å². The molecule has 0 aliphatic heterocycles. The van der Waals surface area contributed by atoms with Gasteiger partial charge in [0.05, 0.1) is 0 Å². The zero-order chi connectivity index (χ0) is 8.84. The van der Waals surface area contributed by atoms with Gasteiger partial charge in [-0.1, -0.05) is 0 Å². The maximum atomic E-state index is 5.93. The molecule has 0 atom stereocenters. The Kier molecular flexibility index (Phi) is 1.40. The lowest BCUT2D eigenvalue weighted by Gasteiger charge is -2.08. The summed E-state index contributed by atoms with van der Waals surface area (Å²) >= 11 is 0. The zero-order valence-corrected chi connectivity index (χ0v) is 7.77. The van der Waals surface area contributed by atoms with Gasteiger partial charge in [-0.3, -0.25) is 0 Å². The molecule has 0 aromatic carbocycles. The summed E-state index contributed by atoms with van der Waals surface area (Å²) in [5, 5.41) is 0. The molecule has 0 spiro atoms. The largest absolute Gasteiger partial charge is 0.383 e. The van der Waals surface area contributed by atoms with Crippen LogP contribution in [0.5, 0.6) is 0 Å². The van der Waals surface area contributed by atoms with E-state index in [1.54, 1.807) is 11.1 Å². The van der Waals surface area contributed by atoms with Crippen LogP contribution < -0.4 is 5.73 Å². The van der Waals surface area contributed by atoms with E-state index in [1.807, 2.05) is 0 Å². The molecule has 1 heterocycles. The van der Waals surface area contributed by atoms with E-state index >= 15 is 0 Å². The van der Waals surface area contributed by atoms with Gasteiger partial charge in [-0.2, -0.15) is 0 Å². The van der Waals surface area contributed by atoms with Crippen molar-refractivity contribution in [3.8, 4) is 0 Å². The minimum absolute atomic E-state index is 0.813. The average molecular weight is 174 g/mol. The van der Waals surface area contributed by atoms with Gasteiger partial charge in [-0.25, -0.2) is 4.98 Å². The van der Waals surface area contributed by atoms with Crippen molar-refractivity contribution in [3.63, 3.8) is 0 Å². The Morgan fingerprint density at radius 3 is 2.46 bits per heavy atom. The first-order valence-electron chi connectivity index (χ1n) is 5.15. The molecule has 3 rings (SSSR count). The second-order valence-electron chi connectivity index (χ2n) is 4.09. The first kappa shape index (κ1) is 7.36. The summed E-state index contributed by atoms with van der Waals surface area (Å²) in [7, 11) is 0. The summed E-state index contributed by atoms with van der Waals surface area (Å²) in [5.41, 5.74) is 11.7. The lowest BCUT2D eigenvalue weighted by atomic mass is 10.0. The smallest absolute Gasteiger partial charge is 0.127 e. The Hall–Kier alpha value is -1.05. The fourth-order valence-corrected chi connectivity index (χ4v) is 2.75. The van der Waals surface area contributed by atoms with Crippen molar-refractivity contribution in [2.45, 2.75) is 38.5 Å². The number of aryl methyl sites for hydroxylation is 1. The average Bonchev–Trinajstić information content (AvgIpc) is 2.66. The molecular formula is C11H14N2. The molecule has 68 valence electrons. The van der Waals surface area contributed by atoms with Crippen molar-refractivity contribution < 1.29 is 0 Å². The molecule has 1 aromatic heterocycles. The van der Waals surface area contributed by atoms with Gasteiger partial charge in [0.1, 0.15) is 5.82 Å². The maximum Gasteiger partial charge on any atom is 0.127 e. The van der Waals surface area contributed by atoms with Gasteiger partial charge in [0.25, 0.3) is 0 Å². The topological polar surface area (TPSA) is 38.9 Å². The molecule has 0 unspecified atom stereocenters. The molecular weight excluding hydrogens is 160 g/mol. The first-order chi connectivity index (χ1) is 6.36. The van der Waals surface area contributed by atoms with E-state index in [2.05, 4.69) is 4.98 Å². The lowest BCUT2D eigenvalue weighted by molar-refractivity contribution is 0.882. The second kappa shape index (κ2) is 2.47. The number of fused-ring (bicyclic) bond motifs is 3. The Balaban J connectivity index is 2.28. The minimum atomic E-state index is 0.813. The van der Waals surface area contributed by atoms with Crippen LogP contribution >= 0.6 is 0 Å². The molecule has 0 bridgehead atoms. The normalized spacial score (nSPS) is 18.8. The van der Waals surface area contributed by atoms with E-state index < -0.39 is 0 Å². The summed E-state index contributed by atoms with van der Waals surface area (Å²) in [4.78, 5) is 4.50. The molecule has 2 aliphatic carbocycles. The summed E-state index contributed by atoms with van der Waals surface area (Å²) in [6.45, 7) is 0. The van der Waals surface area contributed by atoms with Crippen LogP contribution in [0.1, 0.15) is 35.2 Å². The van der Waals surface area contributed by atoms with E-state index in [4.69, 9.17) is 5.73 Å². The van der Waals surface area contributed by atoms with Crippen LogP contribution in [0, 0.1) is 0 Å². The number of pyridine rings is 1. The number of rotatable bonds is 0. The van der Waals surface area contributed by atoms with E-state index in [-0.39, 0.29) is 0 Å². The molecule has 0 saturated carbocycles. The van der Waals surface area contributed by atoms with Gasteiger partial charge in [-0.15, -0.1) is 0 Å². The predicted octanol–water partition coefficient (Wildman–Crippen LogP) is 1.64. The third-order valence-electron chi connectivity index (χ3n) is 3.34. The van der Waals surface area contributed by atoms with Crippen molar-refractivity contribution in [1.82, 2.24) is 4.98 Å². The Morgan fingerprint density at radius 2 is 1.54 bits per heavy atom. The quantitative estimate of drug-likeness (QED) is 0.649. The van der Waals surface area contributed by atoms with E-state index in [9.17, 15) is 0 Å². The fourth-order valence-electron chi connectivity index (χ4n) is 2.75. The van der Waals surface area contributed by atoms with E-state index in [0.717, 1.165) is 18.7 Å². The summed E-state index contributed by atoms with van der Waals surface area (Å²) in [5.74, 6) is 0.813. The molecule has 0 radical (unpaired) electrons. The number of nitrogen functional groups attached to an aromatic ring is 1. The van der Waals surface area contributed by atoms with Gasteiger partial charge in [0, 0.05) is 5.69 Å². The highest BCUT2D eigenvalue weighted by Crippen LogP contribution is 2.34. The van der Waals surface area contributed by atoms with Crippen LogP contribution in [0.4, 0.5) is 5.82 Å². The van der Waals surface area contributed by atoms with Crippen LogP contribution in [0.2, 0.25) is 0 Å². The highest BCUT2D eigenvalue weighted by Gasteiger charge is 2.24. The van der Waals surface area contributed by atoms with Gasteiger partial charge in [0.2, 0.25) is 0 Å². The third-order valence-corrected chi connectivity index (χ3v) is 3.34. The van der Waals surface area contributed by atoms with Gasteiger partial charge >= 0.3 is 0 Å². The molecule has 2 heteroatoms. The monoisotopic (exact) mass is 174 g/mol. The first-order valence-corrected chi connectivity index (χ1v) is 5.15. The molecule has 0 amide bonds. The summed E-state index contributed by atoms with van der Waals surface area (Å²) in [6, 6.07) is 0. The molecule has 2 nitrogen and oxygen atoms in total. The van der Waals surface area contributed by atoms with Crippen LogP contribution in [0.15, 0.2) is 0 Å². The standard InChI is InChI=1S/C11H14N2/c12-11-9-5-1-3-7(9)8-4-2-6-10(8)13-11/h1-6H2,(H2,12,13). The Bertz CT molecular complexity index is 369. The van der Waals surface area contributed by atoms with Gasteiger partial charge in [0.15, 0.2) is 0 Å². The van der Waals surface area contributed by atoms with Crippen LogP contribution in [0.25, 0.3) is 0 Å². The predicted molar refractivity (Wildman–Crippen MR) is 52.7 cm³/mol. The Labute approximate surface area is 78.2 Å². The SMILES string of the molecule is Nc1nc2c(c3c1CCC3)CCC2. The highest BCUT2D eigenvalue weighted by atomic mass is 14.9. The van der Waals surface area contributed by atoms with Gasteiger partial charge in [-0.05, 0) is 55.2 Å². The zero-order valence-electron chi connectivity index (χ0n) is 7.77.